The van der Waals surface area contributed by atoms with Crippen molar-refractivity contribution < 1.29 is 9.90 Å². The van der Waals surface area contributed by atoms with Gasteiger partial charge in [0.1, 0.15) is 6.42 Å². The predicted molar refractivity (Wildman–Crippen MR) is 58.8 cm³/mol. The van der Waals surface area contributed by atoms with E-state index in [9.17, 15) is 4.79 Å². The first-order chi connectivity index (χ1) is 7.25. The van der Waals surface area contributed by atoms with E-state index in [1.165, 1.54) is 0 Å². The number of aliphatic carboxylic acids is 1. The van der Waals surface area contributed by atoms with E-state index in [1.54, 1.807) is 16.8 Å². The van der Waals surface area contributed by atoms with Crippen LogP contribution in [0.25, 0.3) is 10.2 Å². The molecule has 1 heterocycles. The molecule has 2 rings (SSSR count). The molecule has 0 unspecified atom stereocenters. The van der Waals surface area contributed by atoms with Crippen molar-refractivity contribution in [2.24, 2.45) is 0 Å². The van der Waals surface area contributed by atoms with E-state index in [-0.39, 0.29) is 6.42 Å². The van der Waals surface area contributed by atoms with E-state index < -0.39 is 5.97 Å². The molecule has 2 aromatic rings. The molecule has 0 aliphatic heterocycles. The minimum Gasteiger partial charge on any atom is -0.481 e. The van der Waals surface area contributed by atoms with Crippen LogP contribution in [0.5, 0.6) is 0 Å². The second-order valence-corrected chi connectivity index (χ2v) is 3.79. The van der Waals surface area contributed by atoms with Crippen LogP contribution in [-0.4, -0.2) is 16.1 Å². The van der Waals surface area contributed by atoms with Gasteiger partial charge in [0.25, 0.3) is 0 Å². The van der Waals surface area contributed by atoms with Crippen molar-refractivity contribution >= 4 is 27.5 Å². The van der Waals surface area contributed by atoms with Crippen LogP contribution in [0.2, 0.25) is 0 Å². The summed E-state index contributed by atoms with van der Waals surface area (Å²) in [7, 11) is 0. The van der Waals surface area contributed by atoms with E-state index in [0.717, 1.165) is 15.8 Å². The molecule has 0 bridgehead atoms. The van der Waals surface area contributed by atoms with Gasteiger partial charge in [-0.05, 0) is 18.2 Å². The highest BCUT2D eigenvalue weighted by Crippen LogP contribution is 2.18. The summed E-state index contributed by atoms with van der Waals surface area (Å²) in [5, 5.41) is 8.42. The molecule has 1 N–H and O–H groups in total. The molecule has 0 spiro atoms. The number of fused-ring (bicyclic) bond motifs is 1. The minimum absolute atomic E-state index is 0.124. The van der Waals surface area contributed by atoms with Crippen molar-refractivity contribution in [2.75, 3.05) is 0 Å². The Hall–Kier alpha value is -1.86. The van der Waals surface area contributed by atoms with Crippen LogP contribution in [0.3, 0.4) is 0 Å². The molecule has 0 aliphatic rings. The average molecular weight is 217 g/mol. The van der Waals surface area contributed by atoms with Gasteiger partial charge in [-0.3, -0.25) is 4.79 Å². The molecule has 0 saturated heterocycles. The van der Waals surface area contributed by atoms with Gasteiger partial charge in [-0.2, -0.15) is 0 Å². The van der Waals surface area contributed by atoms with Crippen LogP contribution in [0.4, 0.5) is 0 Å². The monoisotopic (exact) mass is 217 g/mol. The van der Waals surface area contributed by atoms with Crippen LogP contribution in [0.15, 0.2) is 23.7 Å². The lowest BCUT2D eigenvalue weighted by Crippen LogP contribution is -1.90. The Morgan fingerprint density at radius 2 is 2.40 bits per heavy atom. The van der Waals surface area contributed by atoms with Crippen molar-refractivity contribution in [1.29, 1.82) is 0 Å². The number of nitrogens with zero attached hydrogens (tertiary/aromatic N) is 1. The molecule has 1 aromatic heterocycles. The zero-order valence-electron chi connectivity index (χ0n) is 7.73. The second-order valence-electron chi connectivity index (χ2n) is 2.91. The predicted octanol–water partition coefficient (Wildman–Crippen LogP) is 2.12. The minimum atomic E-state index is -0.902. The summed E-state index contributed by atoms with van der Waals surface area (Å²) in [6.45, 7) is 0. The molecule has 0 amide bonds. The van der Waals surface area contributed by atoms with Crippen molar-refractivity contribution in [3.63, 3.8) is 0 Å². The van der Waals surface area contributed by atoms with Crippen LogP contribution < -0.4 is 0 Å². The molecule has 1 aromatic carbocycles. The number of rotatable bonds is 1. The SMILES string of the molecule is O=C(O)CC#Cc1ccc2ncsc2c1. The Morgan fingerprint density at radius 3 is 3.20 bits per heavy atom. The van der Waals surface area contributed by atoms with Crippen LogP contribution in [0.1, 0.15) is 12.0 Å². The Bertz CT molecular complexity index is 562. The Morgan fingerprint density at radius 1 is 1.53 bits per heavy atom. The van der Waals surface area contributed by atoms with Crippen molar-refractivity contribution in [3.05, 3.63) is 29.3 Å². The van der Waals surface area contributed by atoms with E-state index in [1.807, 2.05) is 18.2 Å². The third-order valence-electron chi connectivity index (χ3n) is 1.80. The highest BCUT2D eigenvalue weighted by molar-refractivity contribution is 7.16. The molecular formula is C11H7NO2S. The first-order valence-electron chi connectivity index (χ1n) is 4.29. The van der Waals surface area contributed by atoms with E-state index in [4.69, 9.17) is 5.11 Å². The van der Waals surface area contributed by atoms with Gasteiger partial charge >= 0.3 is 5.97 Å². The van der Waals surface area contributed by atoms with Gasteiger partial charge in [0.05, 0.1) is 15.7 Å². The number of carbonyl (C=O) groups is 1. The summed E-state index contributed by atoms with van der Waals surface area (Å²) in [6.07, 6.45) is -0.124. The Kier molecular flexibility index (Phi) is 2.66. The summed E-state index contributed by atoms with van der Waals surface area (Å²) in [6, 6.07) is 5.65. The van der Waals surface area contributed by atoms with Gasteiger partial charge < -0.3 is 5.11 Å². The van der Waals surface area contributed by atoms with Crippen LogP contribution in [0, 0.1) is 11.8 Å². The van der Waals surface area contributed by atoms with Gasteiger partial charge in [0.15, 0.2) is 0 Å². The highest BCUT2D eigenvalue weighted by atomic mass is 32.1. The first-order valence-corrected chi connectivity index (χ1v) is 5.17. The smallest absolute Gasteiger partial charge is 0.315 e. The van der Waals surface area contributed by atoms with Gasteiger partial charge in [0.2, 0.25) is 0 Å². The Labute approximate surface area is 90.4 Å². The normalized spacial score (nSPS) is 9.60. The second kappa shape index (κ2) is 4.11. The molecule has 0 fully saturated rings. The zero-order chi connectivity index (χ0) is 10.7. The van der Waals surface area contributed by atoms with Gasteiger partial charge in [-0.15, -0.1) is 11.3 Å². The van der Waals surface area contributed by atoms with E-state index in [0.29, 0.717) is 0 Å². The van der Waals surface area contributed by atoms with E-state index in [2.05, 4.69) is 16.8 Å². The number of hydrogen-bond acceptors (Lipinski definition) is 3. The zero-order valence-corrected chi connectivity index (χ0v) is 8.54. The molecule has 74 valence electrons. The van der Waals surface area contributed by atoms with Crippen LogP contribution in [-0.2, 0) is 4.79 Å². The van der Waals surface area contributed by atoms with Gasteiger partial charge in [0, 0.05) is 5.56 Å². The van der Waals surface area contributed by atoms with Gasteiger partial charge in [-0.1, -0.05) is 11.8 Å². The molecular weight excluding hydrogens is 210 g/mol. The molecule has 0 radical (unpaired) electrons. The number of carboxylic acid groups (broad SMARTS) is 1. The van der Waals surface area contributed by atoms with Crippen LogP contribution >= 0.6 is 11.3 Å². The quantitative estimate of drug-likeness (QED) is 0.744. The first kappa shape index (κ1) is 9.69. The fraction of sp³-hybridized carbons (Fsp3) is 0.0909. The molecule has 4 heteroatoms. The Balaban J connectivity index is 2.27. The summed E-state index contributed by atoms with van der Waals surface area (Å²) in [4.78, 5) is 14.4. The third kappa shape index (κ3) is 2.33. The number of benzene rings is 1. The number of thiazole rings is 1. The number of carboxylic acids is 1. The van der Waals surface area contributed by atoms with Crippen molar-refractivity contribution in [2.45, 2.75) is 6.42 Å². The maximum absolute atomic E-state index is 10.3. The van der Waals surface area contributed by atoms with Crippen molar-refractivity contribution in [3.8, 4) is 11.8 Å². The maximum Gasteiger partial charge on any atom is 0.315 e. The lowest BCUT2D eigenvalue weighted by Gasteiger charge is -1.89. The summed E-state index contributed by atoms with van der Waals surface area (Å²) < 4.78 is 1.07. The highest BCUT2D eigenvalue weighted by Gasteiger charge is 1.96. The standard InChI is InChI=1S/C11H7NO2S/c13-11(14)3-1-2-8-4-5-9-10(6-8)15-7-12-9/h4-7H,3H2,(H,13,14). The molecule has 0 aliphatic carbocycles. The lowest BCUT2D eigenvalue weighted by molar-refractivity contribution is -0.135. The molecule has 15 heavy (non-hydrogen) atoms. The lowest BCUT2D eigenvalue weighted by atomic mass is 10.2. The largest absolute Gasteiger partial charge is 0.481 e. The topological polar surface area (TPSA) is 50.2 Å². The fourth-order valence-electron chi connectivity index (χ4n) is 1.15. The number of aromatic nitrogens is 1. The van der Waals surface area contributed by atoms with Crippen molar-refractivity contribution in [1.82, 2.24) is 4.98 Å². The molecule has 3 nitrogen and oxygen atoms in total. The third-order valence-corrected chi connectivity index (χ3v) is 2.60. The maximum atomic E-state index is 10.3. The van der Waals surface area contributed by atoms with E-state index >= 15 is 0 Å². The summed E-state index contributed by atoms with van der Waals surface area (Å²) in [5.41, 5.74) is 3.55. The van der Waals surface area contributed by atoms with Gasteiger partial charge in [-0.25, -0.2) is 4.98 Å². The number of hydrogen-bond donors (Lipinski definition) is 1. The summed E-state index contributed by atoms with van der Waals surface area (Å²) in [5.74, 6) is 4.50. The summed E-state index contributed by atoms with van der Waals surface area (Å²) >= 11 is 1.55. The fourth-order valence-corrected chi connectivity index (χ4v) is 1.87. The molecule has 0 saturated carbocycles. The molecule has 0 atom stereocenters. The average Bonchev–Trinajstić information content (AvgIpc) is 2.64.